The lowest BCUT2D eigenvalue weighted by Crippen LogP contribution is -2.48. The van der Waals surface area contributed by atoms with E-state index in [0.717, 1.165) is 37.1 Å². The van der Waals surface area contributed by atoms with Gasteiger partial charge in [-0.25, -0.2) is 0 Å². The monoisotopic (exact) mass is 301 g/mol. The van der Waals surface area contributed by atoms with Crippen LogP contribution >= 0.6 is 0 Å². The van der Waals surface area contributed by atoms with E-state index in [9.17, 15) is 13.2 Å². The molecule has 2 fully saturated rings. The van der Waals surface area contributed by atoms with E-state index >= 15 is 0 Å². The van der Waals surface area contributed by atoms with Gasteiger partial charge in [-0.1, -0.05) is 12.1 Å². The zero-order valence-corrected chi connectivity index (χ0v) is 11.7. The summed E-state index contributed by atoms with van der Waals surface area (Å²) < 4.78 is 49.0. The molecular weight excluding hydrogens is 283 g/mol. The van der Waals surface area contributed by atoms with Crippen molar-refractivity contribution < 1.29 is 22.6 Å². The van der Waals surface area contributed by atoms with Gasteiger partial charge in [0.15, 0.2) is 5.79 Å². The molecule has 6 heteroatoms. The summed E-state index contributed by atoms with van der Waals surface area (Å²) in [5, 5.41) is 0. The fourth-order valence-corrected chi connectivity index (χ4v) is 3.00. The lowest BCUT2D eigenvalue weighted by Gasteiger charge is -2.38. The molecule has 0 bridgehead atoms. The van der Waals surface area contributed by atoms with Gasteiger partial charge in [0, 0.05) is 13.0 Å². The van der Waals surface area contributed by atoms with Gasteiger partial charge < -0.3 is 9.47 Å². The van der Waals surface area contributed by atoms with Gasteiger partial charge in [0.25, 0.3) is 0 Å². The van der Waals surface area contributed by atoms with Crippen LogP contribution < -0.4 is 0 Å². The maximum absolute atomic E-state index is 12.5. The van der Waals surface area contributed by atoms with Gasteiger partial charge in [0.2, 0.25) is 0 Å². The highest BCUT2D eigenvalue weighted by molar-refractivity contribution is 5.24. The first-order chi connectivity index (χ1) is 9.97. The van der Waals surface area contributed by atoms with Crippen molar-refractivity contribution in [2.24, 2.45) is 0 Å². The van der Waals surface area contributed by atoms with E-state index in [1.54, 1.807) is 12.1 Å². The summed E-state index contributed by atoms with van der Waals surface area (Å²) in [6.45, 7) is 3.44. The summed E-state index contributed by atoms with van der Waals surface area (Å²) in [6, 6.07) is 5.36. The molecule has 1 spiro atoms. The van der Waals surface area contributed by atoms with Crippen LogP contribution in [0.3, 0.4) is 0 Å². The van der Waals surface area contributed by atoms with Gasteiger partial charge in [0.05, 0.1) is 25.3 Å². The van der Waals surface area contributed by atoms with Crippen LogP contribution in [0, 0.1) is 0 Å². The Morgan fingerprint density at radius 1 is 1.10 bits per heavy atom. The molecule has 2 heterocycles. The zero-order valence-electron chi connectivity index (χ0n) is 11.7. The second-order valence-electron chi connectivity index (χ2n) is 5.62. The Hall–Kier alpha value is -1.11. The molecule has 0 radical (unpaired) electrons. The molecule has 0 aromatic heterocycles. The Morgan fingerprint density at radius 3 is 2.38 bits per heavy atom. The van der Waals surface area contributed by atoms with Crippen LogP contribution in [0.2, 0.25) is 0 Å². The van der Waals surface area contributed by atoms with Crippen molar-refractivity contribution in [3.8, 4) is 0 Å². The second-order valence-corrected chi connectivity index (χ2v) is 5.62. The minimum absolute atomic E-state index is 0.496. The van der Waals surface area contributed by atoms with Crippen LogP contribution in [-0.2, 0) is 22.2 Å². The molecule has 0 atom stereocenters. The van der Waals surface area contributed by atoms with Crippen LogP contribution in [0.5, 0.6) is 0 Å². The molecule has 2 aliphatic rings. The number of alkyl halides is 3. The van der Waals surface area contributed by atoms with E-state index in [1.165, 1.54) is 0 Å². The van der Waals surface area contributed by atoms with Gasteiger partial charge in [-0.3, -0.25) is 4.90 Å². The van der Waals surface area contributed by atoms with E-state index in [0.29, 0.717) is 26.3 Å². The highest BCUT2D eigenvalue weighted by atomic mass is 19.4. The average Bonchev–Trinajstić information content (AvgIpc) is 2.86. The fourth-order valence-electron chi connectivity index (χ4n) is 3.00. The Balaban J connectivity index is 1.63. The van der Waals surface area contributed by atoms with Gasteiger partial charge in [-0.05, 0) is 30.7 Å². The summed E-state index contributed by atoms with van der Waals surface area (Å²) >= 11 is 0. The molecule has 1 aromatic rings. The normalized spacial score (nSPS) is 22.8. The Bertz CT molecular complexity index is 481. The SMILES string of the molecule is FC(F)(F)c1ccc(CN2CCCC3(C2)OCCO3)cc1. The van der Waals surface area contributed by atoms with Crippen LogP contribution in [-0.4, -0.2) is 37.0 Å². The van der Waals surface area contributed by atoms with Crippen molar-refractivity contribution in [3.05, 3.63) is 35.4 Å². The number of rotatable bonds is 2. The van der Waals surface area contributed by atoms with E-state index < -0.39 is 17.5 Å². The highest BCUT2D eigenvalue weighted by Crippen LogP contribution is 2.32. The zero-order chi connectivity index (χ0) is 14.9. The van der Waals surface area contributed by atoms with Gasteiger partial charge >= 0.3 is 6.18 Å². The Labute approximate surface area is 121 Å². The lowest BCUT2D eigenvalue weighted by molar-refractivity contribution is -0.190. The van der Waals surface area contributed by atoms with E-state index in [2.05, 4.69) is 4.90 Å². The van der Waals surface area contributed by atoms with Crippen molar-refractivity contribution in [2.75, 3.05) is 26.3 Å². The molecule has 1 aromatic carbocycles. The third-order valence-corrected chi connectivity index (χ3v) is 4.00. The first kappa shape index (κ1) is 14.8. The Morgan fingerprint density at radius 2 is 1.76 bits per heavy atom. The third-order valence-electron chi connectivity index (χ3n) is 4.00. The van der Waals surface area contributed by atoms with E-state index in [1.807, 2.05) is 0 Å². The van der Waals surface area contributed by atoms with Gasteiger partial charge in [-0.2, -0.15) is 13.2 Å². The first-order valence-corrected chi connectivity index (χ1v) is 7.13. The first-order valence-electron chi connectivity index (χ1n) is 7.13. The third kappa shape index (κ3) is 3.39. The molecule has 0 saturated carbocycles. The highest BCUT2D eigenvalue weighted by Gasteiger charge is 2.40. The molecule has 0 aliphatic carbocycles. The smallest absolute Gasteiger partial charge is 0.346 e. The molecule has 21 heavy (non-hydrogen) atoms. The van der Waals surface area contributed by atoms with E-state index in [4.69, 9.17) is 9.47 Å². The standard InChI is InChI=1S/C15H18F3NO2/c16-15(17,18)13-4-2-12(3-5-13)10-19-7-1-6-14(11-19)20-8-9-21-14/h2-5H,1,6-11H2. The predicted molar refractivity (Wildman–Crippen MR) is 70.6 cm³/mol. The topological polar surface area (TPSA) is 21.7 Å². The van der Waals surface area contributed by atoms with Crippen LogP contribution in [0.15, 0.2) is 24.3 Å². The largest absolute Gasteiger partial charge is 0.416 e. The number of ether oxygens (including phenoxy) is 2. The summed E-state index contributed by atoms with van der Waals surface area (Å²) in [5.74, 6) is -0.496. The number of hydrogen-bond acceptors (Lipinski definition) is 3. The number of benzene rings is 1. The van der Waals surface area contributed by atoms with Crippen molar-refractivity contribution >= 4 is 0 Å². The molecule has 3 rings (SSSR count). The quantitative estimate of drug-likeness (QED) is 0.838. The molecule has 2 aliphatic heterocycles. The average molecular weight is 301 g/mol. The number of nitrogens with zero attached hydrogens (tertiary/aromatic N) is 1. The Kier molecular flexibility index (Phi) is 3.94. The fraction of sp³-hybridized carbons (Fsp3) is 0.600. The minimum Gasteiger partial charge on any atom is -0.346 e. The van der Waals surface area contributed by atoms with Crippen molar-refractivity contribution in [1.82, 2.24) is 4.90 Å². The number of likely N-dealkylation sites (tertiary alicyclic amines) is 1. The number of hydrogen-bond donors (Lipinski definition) is 0. The summed E-state index contributed by atoms with van der Waals surface area (Å²) in [6.07, 6.45) is -2.42. The summed E-state index contributed by atoms with van der Waals surface area (Å²) in [4.78, 5) is 2.18. The molecule has 3 nitrogen and oxygen atoms in total. The minimum atomic E-state index is -4.28. The number of halogens is 3. The molecule has 116 valence electrons. The van der Waals surface area contributed by atoms with E-state index in [-0.39, 0.29) is 0 Å². The van der Waals surface area contributed by atoms with Gasteiger partial charge in [0.1, 0.15) is 0 Å². The van der Waals surface area contributed by atoms with Crippen LogP contribution in [0.4, 0.5) is 13.2 Å². The maximum atomic E-state index is 12.5. The molecule has 0 amide bonds. The summed E-state index contributed by atoms with van der Waals surface area (Å²) in [5.41, 5.74) is 0.266. The van der Waals surface area contributed by atoms with Crippen LogP contribution in [0.1, 0.15) is 24.0 Å². The molecule has 0 unspecified atom stereocenters. The molecule has 0 N–H and O–H groups in total. The molecular formula is C15H18F3NO2. The van der Waals surface area contributed by atoms with Crippen LogP contribution in [0.25, 0.3) is 0 Å². The van der Waals surface area contributed by atoms with Crippen molar-refractivity contribution in [2.45, 2.75) is 31.3 Å². The van der Waals surface area contributed by atoms with Crippen molar-refractivity contribution in [1.29, 1.82) is 0 Å². The maximum Gasteiger partial charge on any atom is 0.416 e. The van der Waals surface area contributed by atoms with Gasteiger partial charge in [-0.15, -0.1) is 0 Å². The lowest BCUT2D eigenvalue weighted by atomic mass is 10.0. The number of piperidine rings is 1. The molecule has 2 saturated heterocycles. The van der Waals surface area contributed by atoms with Crippen molar-refractivity contribution in [3.63, 3.8) is 0 Å². The summed E-state index contributed by atoms with van der Waals surface area (Å²) in [7, 11) is 0. The second kappa shape index (κ2) is 5.59. The predicted octanol–water partition coefficient (Wildman–Crippen LogP) is 3.04.